The molecule has 10 aromatic rings. The van der Waals surface area contributed by atoms with Gasteiger partial charge < -0.3 is 80.9 Å². The van der Waals surface area contributed by atoms with Crippen LogP contribution >= 0.6 is 0 Å². The Morgan fingerprint density at radius 3 is 0.752 bits per heavy atom. The maximum atomic E-state index is 10.5. The molecule has 1 N–H and O–H groups in total. The molecule has 14 aliphatic rings. The number of benzene rings is 10. The highest BCUT2D eigenvalue weighted by atomic mass is 16.6. The first-order valence-electron chi connectivity index (χ1n) is 57.2. The van der Waals surface area contributed by atoms with Gasteiger partial charge in [0.05, 0.1) is 59.0 Å². The number of para-hydroxylation sites is 5. The molecule has 7 saturated carbocycles. The summed E-state index contributed by atoms with van der Waals surface area (Å²) in [4.78, 5) is 0. The molecule has 7 heterocycles. The van der Waals surface area contributed by atoms with Crippen LogP contribution < -0.4 is 42.6 Å². The third-order valence-corrected chi connectivity index (χ3v) is 28.8. The molecule has 16 unspecified atom stereocenters. The van der Waals surface area contributed by atoms with Gasteiger partial charge in [-0.1, -0.05) is 306 Å². The van der Waals surface area contributed by atoms with Crippen LogP contribution in [0.25, 0.3) is 0 Å². The predicted octanol–water partition coefficient (Wildman–Crippen LogP) is 30.6. The highest BCUT2D eigenvalue weighted by Crippen LogP contribution is 2.60. The second kappa shape index (κ2) is 66.8. The molecule has 0 amide bonds. The monoisotopic (exact) mass is 2040 g/mol. The third-order valence-electron chi connectivity index (χ3n) is 28.8. The van der Waals surface area contributed by atoms with Crippen molar-refractivity contribution >= 4 is 0 Å². The minimum absolute atomic E-state index is 0.140. The Morgan fingerprint density at radius 2 is 0.497 bits per heavy atom. The molecular weight excluding hydrogens is 1860 g/mol. The Labute approximate surface area is 898 Å². The van der Waals surface area contributed by atoms with E-state index in [1.165, 1.54) is 124 Å². The first kappa shape index (κ1) is 121. The highest BCUT2D eigenvalue weighted by Gasteiger charge is 2.50. The summed E-state index contributed by atoms with van der Waals surface area (Å²) in [7, 11) is 0. The quantitative estimate of drug-likeness (QED) is 0.0374. The van der Waals surface area contributed by atoms with E-state index in [9.17, 15) is 5.11 Å². The van der Waals surface area contributed by atoms with E-state index >= 15 is 0 Å². The second-order valence-corrected chi connectivity index (χ2v) is 41.5. The normalized spacial score (nSPS) is 23.0. The van der Waals surface area contributed by atoms with E-state index < -0.39 is 6.10 Å². The molecule has 4 bridgehead atoms. The van der Waals surface area contributed by atoms with Gasteiger partial charge in [-0.15, -0.1) is 0 Å². The van der Waals surface area contributed by atoms with Gasteiger partial charge in [-0.2, -0.15) is 0 Å². The van der Waals surface area contributed by atoms with Crippen LogP contribution in [0, 0.1) is 74.0 Å². The molecule has 10 aromatic carbocycles. The molecular formula is C132H186O17. The van der Waals surface area contributed by atoms with Crippen LogP contribution in [-0.4, -0.2) is 160 Å². The van der Waals surface area contributed by atoms with Crippen LogP contribution in [0.15, 0.2) is 261 Å². The number of aryl methyl sites for hydroxylation is 4. The first-order valence-corrected chi connectivity index (χ1v) is 57.2. The predicted molar refractivity (Wildman–Crippen MR) is 608 cm³/mol. The van der Waals surface area contributed by atoms with E-state index in [0.717, 1.165) is 105 Å². The van der Waals surface area contributed by atoms with E-state index in [1.807, 2.05) is 246 Å². The van der Waals surface area contributed by atoms with Crippen molar-refractivity contribution in [1.82, 2.24) is 0 Å². The molecule has 24 rings (SSSR count). The lowest BCUT2D eigenvalue weighted by Gasteiger charge is -2.27. The van der Waals surface area contributed by atoms with Crippen LogP contribution in [0.2, 0.25) is 0 Å². The fourth-order valence-corrected chi connectivity index (χ4v) is 19.7. The number of hydrogen-bond donors (Lipinski definition) is 1. The smallest absolute Gasteiger partial charge is 0.122 e. The first-order chi connectivity index (χ1) is 72.8. The average Bonchev–Trinajstić information content (AvgIpc) is 1.62. The Hall–Kier alpha value is -9.92. The van der Waals surface area contributed by atoms with Gasteiger partial charge in [0.15, 0.2) is 0 Å². The fourth-order valence-electron chi connectivity index (χ4n) is 19.7. The summed E-state index contributed by atoms with van der Waals surface area (Å²) in [6.07, 6.45) is 28.2. The van der Waals surface area contributed by atoms with E-state index in [0.29, 0.717) is 87.8 Å². The molecule has 7 aliphatic heterocycles. The van der Waals surface area contributed by atoms with E-state index in [1.54, 1.807) is 77.0 Å². The van der Waals surface area contributed by atoms with Crippen LogP contribution in [0.3, 0.4) is 0 Å². The maximum Gasteiger partial charge on any atom is 0.122 e. The van der Waals surface area contributed by atoms with Gasteiger partial charge in [0.2, 0.25) is 0 Å². The van der Waals surface area contributed by atoms with Gasteiger partial charge in [-0.3, -0.25) is 0 Å². The maximum absolute atomic E-state index is 10.5. The summed E-state index contributed by atoms with van der Waals surface area (Å²) in [5, 5.41) is 10.5. The lowest BCUT2D eigenvalue weighted by atomic mass is 9.78. The molecule has 7 saturated heterocycles. The van der Waals surface area contributed by atoms with E-state index in [4.69, 9.17) is 75.8 Å². The number of rotatable bonds is 34. The Balaban J connectivity index is 0.000000182. The standard InChI is InChI=1S/C40H46O6.3C10H12O2.C10H12O.2C10H16.2C9H10O2.2C3H8.4C2H6/c1-39(2,29-7-15-34(16-8-29)42-23-28-5-6-28)30-9-17-35(18-10-30)43-24-33(41)25-44-36-19-11-31(12-20-36)40(3,4)32-13-21-37(22-14-32)45-26-38-27-46-38;3*1-8-4-2-3-5-10(8)12-7-9-6-11-9;1-2-4-9(5-3-1)6-7-10-8-11-10;2*1-2-9-7-4-5-8(6-7)10(9)3-1;2*1-2-4-8(5-3-1)10-6-9-7-11-9;2*1-3-2;4*1-2/h7-22,28,33,38,41H,5-6,23-27H2,1-4H3;3*2-5,9H,6-7H2,1H3;1-5,10H,6-8H2;2*7-10H,1-6H2;2*1-5,9H,6-7H2;2*3H2,1-2H3;4*1-2H3. The van der Waals surface area contributed by atoms with Crippen LogP contribution in [0.5, 0.6) is 51.7 Å². The van der Waals surface area contributed by atoms with E-state index in [2.05, 4.69) is 146 Å². The van der Waals surface area contributed by atoms with Gasteiger partial charge in [0.25, 0.3) is 0 Å². The summed E-state index contributed by atoms with van der Waals surface area (Å²) in [5.41, 5.74) is 9.38. The minimum Gasteiger partial charge on any atom is -0.493 e. The molecule has 816 valence electrons. The fraction of sp³-hybridized carbons (Fsp3) is 0.545. The second-order valence-electron chi connectivity index (χ2n) is 41.5. The minimum atomic E-state index is -0.764. The number of fused-ring (bicyclic) bond motifs is 10. The average molecular weight is 2040 g/mol. The third kappa shape index (κ3) is 44.7. The summed E-state index contributed by atoms with van der Waals surface area (Å²) < 4.78 is 86.4. The van der Waals surface area contributed by atoms with Gasteiger partial charge in [-0.05, 0) is 299 Å². The largest absolute Gasteiger partial charge is 0.493 e. The molecule has 17 heteroatoms. The molecule has 0 radical (unpaired) electrons. The SMILES string of the molecule is C1CC2C3CCC(C3)C2C1.C1CC2C3CCC(C3)C2C1.CC.CC.CC.CC.CC(C)(c1ccc(OCC(O)COc2ccc(C(C)(C)c3ccc(OCC4CO4)cc3)cc2)cc1)c1ccc(OCC2CC2)cc1.CCC.CCC.Cc1ccccc1OCC1CO1.Cc1ccccc1OCC1CO1.Cc1ccccc1OCC1CO1.c1ccc(CCC2CO2)cc1.c1ccc(OCC2CO2)cc1.c1ccc(OCC2CO2)cc1. The van der Waals surface area contributed by atoms with Crippen molar-refractivity contribution in [2.24, 2.45) is 53.3 Å². The summed E-state index contributed by atoms with van der Waals surface area (Å²) in [6, 6.07) is 87.1. The highest BCUT2D eigenvalue weighted by molar-refractivity contribution is 5.44. The molecule has 7 aliphatic carbocycles. The Kier molecular flexibility index (Phi) is 54.2. The molecule has 14 fully saturated rings. The summed E-state index contributed by atoms with van der Waals surface area (Å²) >= 11 is 0. The van der Waals surface area contributed by atoms with Gasteiger partial charge >= 0.3 is 0 Å². The molecule has 0 spiro atoms. The van der Waals surface area contributed by atoms with Crippen LogP contribution in [-0.2, 0) is 50.4 Å². The zero-order chi connectivity index (χ0) is 106. The Morgan fingerprint density at radius 1 is 0.268 bits per heavy atom. The summed E-state index contributed by atoms with van der Waals surface area (Å²) in [5.74, 6) is 18.3. The Bertz CT molecular complexity index is 4680. The molecule has 0 aromatic heterocycles. The molecule has 16 atom stereocenters. The van der Waals surface area contributed by atoms with Gasteiger partial charge in [0, 0.05) is 10.8 Å². The van der Waals surface area contributed by atoms with Gasteiger partial charge in [-0.25, -0.2) is 0 Å². The molecule has 149 heavy (non-hydrogen) atoms. The van der Waals surface area contributed by atoms with Crippen molar-refractivity contribution < 1.29 is 80.9 Å². The van der Waals surface area contributed by atoms with Crippen molar-refractivity contribution in [3.05, 3.63) is 305 Å². The lowest BCUT2D eigenvalue weighted by molar-refractivity contribution is 0.0626. The van der Waals surface area contributed by atoms with Crippen molar-refractivity contribution in [3.8, 4) is 51.7 Å². The zero-order valence-corrected chi connectivity index (χ0v) is 94.2. The van der Waals surface area contributed by atoms with Gasteiger partial charge in [0.1, 0.15) is 147 Å². The van der Waals surface area contributed by atoms with Crippen LogP contribution in [0.4, 0.5) is 0 Å². The number of aliphatic hydroxyl groups excluding tert-OH is 1. The zero-order valence-electron chi connectivity index (χ0n) is 94.2. The number of aliphatic hydroxyl groups is 1. The van der Waals surface area contributed by atoms with Crippen molar-refractivity contribution in [3.63, 3.8) is 0 Å². The van der Waals surface area contributed by atoms with Crippen molar-refractivity contribution in [2.75, 3.05) is 106 Å². The van der Waals surface area contributed by atoms with Crippen LogP contribution in [0.1, 0.15) is 264 Å². The number of hydrogen-bond acceptors (Lipinski definition) is 17. The lowest BCUT2D eigenvalue weighted by Crippen LogP contribution is -2.25. The van der Waals surface area contributed by atoms with Crippen molar-refractivity contribution in [2.45, 2.75) is 307 Å². The van der Waals surface area contributed by atoms with E-state index in [-0.39, 0.29) is 30.1 Å². The van der Waals surface area contributed by atoms with Crippen molar-refractivity contribution in [1.29, 1.82) is 0 Å². The topological polar surface area (TPSA) is 191 Å². The number of ether oxygens (including phenoxy) is 16. The molecule has 17 nitrogen and oxygen atoms in total. The summed E-state index contributed by atoms with van der Waals surface area (Å²) in [6.45, 7) is 50.6. The number of epoxide rings is 7.